The Hall–Kier alpha value is -3.25. The average Bonchev–Trinajstić information content (AvgIpc) is 2.81. The molecule has 158 valence electrons. The molecule has 0 radical (unpaired) electrons. The van der Waals surface area contributed by atoms with Gasteiger partial charge in [0.05, 0.1) is 28.4 Å². The second-order valence-electron chi connectivity index (χ2n) is 6.92. The van der Waals surface area contributed by atoms with Crippen molar-refractivity contribution in [2.75, 3.05) is 28.4 Å². The number of ether oxygens (including phenoxy) is 4. The molecule has 4 aromatic rings. The topological polar surface area (TPSA) is 54.0 Å². The molecular weight excluding hydrogens is 460 g/mol. The van der Waals surface area contributed by atoms with Crippen LogP contribution in [-0.2, 0) is 0 Å². The maximum atomic E-state index is 12.3. The van der Waals surface area contributed by atoms with Gasteiger partial charge in [0.1, 0.15) is 0 Å². The molecule has 0 atom stereocenters. The van der Waals surface area contributed by atoms with Crippen LogP contribution in [0.15, 0.2) is 53.0 Å². The number of carbonyl (C=O) groups is 1. The molecule has 0 fully saturated rings. The summed E-state index contributed by atoms with van der Waals surface area (Å²) in [6.45, 7) is 0. The van der Waals surface area contributed by atoms with Gasteiger partial charge in [-0.25, -0.2) is 0 Å². The van der Waals surface area contributed by atoms with E-state index in [1.54, 1.807) is 28.4 Å². The summed E-state index contributed by atoms with van der Waals surface area (Å²) >= 11 is 3.50. The van der Waals surface area contributed by atoms with Crippen LogP contribution in [0, 0.1) is 0 Å². The van der Waals surface area contributed by atoms with Crippen molar-refractivity contribution in [3.05, 3.63) is 58.6 Å². The summed E-state index contributed by atoms with van der Waals surface area (Å²) in [6.07, 6.45) is 0.869. The minimum Gasteiger partial charge on any atom is -0.493 e. The Labute approximate surface area is 188 Å². The van der Waals surface area contributed by atoms with E-state index in [0.29, 0.717) is 28.6 Å². The molecule has 5 nitrogen and oxygen atoms in total. The first-order chi connectivity index (χ1) is 15.1. The quantitative estimate of drug-likeness (QED) is 0.240. The van der Waals surface area contributed by atoms with Crippen LogP contribution in [0.5, 0.6) is 23.0 Å². The highest BCUT2D eigenvalue weighted by Crippen LogP contribution is 2.46. The Morgan fingerprint density at radius 2 is 1.03 bits per heavy atom. The summed E-state index contributed by atoms with van der Waals surface area (Å²) in [5.74, 6) is 2.29. The number of rotatable bonds is 6. The van der Waals surface area contributed by atoms with Gasteiger partial charge in [0.25, 0.3) is 0 Å². The molecule has 4 rings (SSSR count). The fraction of sp³-hybridized carbons (Fsp3) is 0.160. The summed E-state index contributed by atoms with van der Waals surface area (Å²) in [7, 11) is 6.35. The van der Waals surface area contributed by atoms with Crippen molar-refractivity contribution in [2.24, 2.45) is 0 Å². The van der Waals surface area contributed by atoms with Crippen LogP contribution in [-0.4, -0.2) is 34.7 Å². The average molecular weight is 481 g/mol. The number of benzene rings is 4. The largest absolute Gasteiger partial charge is 0.493 e. The Morgan fingerprint density at radius 3 is 1.39 bits per heavy atom. The van der Waals surface area contributed by atoms with Gasteiger partial charge >= 0.3 is 0 Å². The first-order valence-corrected chi connectivity index (χ1v) is 10.3. The van der Waals surface area contributed by atoms with E-state index in [9.17, 15) is 4.79 Å². The summed E-state index contributed by atoms with van der Waals surface area (Å²) in [6, 6.07) is 15.6. The zero-order valence-electron chi connectivity index (χ0n) is 17.6. The molecule has 0 aliphatic carbocycles. The van der Waals surface area contributed by atoms with Gasteiger partial charge in [-0.15, -0.1) is 0 Å². The van der Waals surface area contributed by atoms with Crippen LogP contribution in [0.3, 0.4) is 0 Å². The highest BCUT2D eigenvalue weighted by Gasteiger charge is 2.20. The highest BCUT2D eigenvalue weighted by molar-refractivity contribution is 9.10. The van der Waals surface area contributed by atoms with E-state index < -0.39 is 0 Å². The monoisotopic (exact) mass is 480 g/mol. The van der Waals surface area contributed by atoms with Gasteiger partial charge in [0.15, 0.2) is 29.3 Å². The predicted molar refractivity (Wildman–Crippen MR) is 126 cm³/mol. The Balaban J connectivity index is 2.28. The number of methoxy groups -OCH3 is 4. The summed E-state index contributed by atoms with van der Waals surface area (Å²) in [5.41, 5.74) is 2.51. The third kappa shape index (κ3) is 3.47. The standard InChI is InChI=1S/C25H21BrO5/c1-28-21-9-16-18(11-23(21)30-3)25(14-5-7-15(26)8-6-14)19-12-24(31-4)22(29-2)10-17(19)20(16)13-27/h5-13H,1-4H3. The fourth-order valence-corrected chi connectivity index (χ4v) is 4.23. The molecule has 0 amide bonds. The predicted octanol–water partition coefficient (Wildman–Crippen LogP) is 6.27. The van der Waals surface area contributed by atoms with Gasteiger partial charge in [-0.2, -0.15) is 0 Å². The molecule has 0 unspecified atom stereocenters. The van der Waals surface area contributed by atoms with Gasteiger partial charge in [-0.05, 0) is 69.1 Å². The number of aldehydes is 1. The number of halogens is 1. The van der Waals surface area contributed by atoms with Gasteiger partial charge < -0.3 is 18.9 Å². The first kappa shape index (κ1) is 21.0. The zero-order chi connectivity index (χ0) is 22.1. The maximum Gasteiger partial charge on any atom is 0.161 e. The minimum absolute atomic E-state index is 0.549. The third-order valence-electron chi connectivity index (χ3n) is 5.42. The van der Waals surface area contributed by atoms with E-state index >= 15 is 0 Å². The van der Waals surface area contributed by atoms with Gasteiger partial charge in [0.2, 0.25) is 0 Å². The van der Waals surface area contributed by atoms with Crippen molar-refractivity contribution in [3.63, 3.8) is 0 Å². The van der Waals surface area contributed by atoms with Crippen molar-refractivity contribution in [2.45, 2.75) is 0 Å². The second kappa shape index (κ2) is 8.47. The van der Waals surface area contributed by atoms with Crippen molar-refractivity contribution in [3.8, 4) is 34.1 Å². The minimum atomic E-state index is 0.549. The van der Waals surface area contributed by atoms with E-state index in [1.807, 2.05) is 48.5 Å². The molecule has 0 aromatic heterocycles. The van der Waals surface area contributed by atoms with Crippen molar-refractivity contribution < 1.29 is 23.7 Å². The lowest BCUT2D eigenvalue weighted by atomic mass is 9.88. The van der Waals surface area contributed by atoms with Crippen LogP contribution in [0.2, 0.25) is 0 Å². The molecule has 0 aliphatic heterocycles. The first-order valence-electron chi connectivity index (χ1n) is 9.54. The smallest absolute Gasteiger partial charge is 0.161 e. The summed E-state index contributed by atoms with van der Waals surface area (Å²) in [4.78, 5) is 12.3. The maximum absolute atomic E-state index is 12.3. The van der Waals surface area contributed by atoms with Crippen LogP contribution < -0.4 is 18.9 Å². The van der Waals surface area contributed by atoms with Crippen LogP contribution in [0.4, 0.5) is 0 Å². The van der Waals surface area contributed by atoms with Crippen LogP contribution in [0.25, 0.3) is 32.7 Å². The van der Waals surface area contributed by atoms with E-state index in [2.05, 4.69) is 15.9 Å². The van der Waals surface area contributed by atoms with E-state index in [4.69, 9.17) is 18.9 Å². The number of carbonyl (C=O) groups excluding carboxylic acids is 1. The van der Waals surface area contributed by atoms with E-state index in [-0.39, 0.29) is 0 Å². The van der Waals surface area contributed by atoms with E-state index in [1.165, 1.54) is 0 Å². The lowest BCUT2D eigenvalue weighted by Gasteiger charge is -2.19. The van der Waals surface area contributed by atoms with Crippen LogP contribution in [0.1, 0.15) is 10.4 Å². The molecule has 0 aliphatic rings. The molecule has 0 saturated heterocycles. The van der Waals surface area contributed by atoms with Crippen molar-refractivity contribution in [1.29, 1.82) is 0 Å². The lowest BCUT2D eigenvalue weighted by molar-refractivity contribution is 0.112. The Bertz CT molecular complexity index is 1220. The number of hydrogen-bond acceptors (Lipinski definition) is 5. The van der Waals surface area contributed by atoms with E-state index in [0.717, 1.165) is 43.4 Å². The number of fused-ring (bicyclic) bond motifs is 2. The Kier molecular flexibility index (Phi) is 5.74. The van der Waals surface area contributed by atoms with Crippen LogP contribution >= 0.6 is 15.9 Å². The molecule has 31 heavy (non-hydrogen) atoms. The molecule has 0 N–H and O–H groups in total. The molecule has 0 spiro atoms. The Morgan fingerprint density at radius 1 is 0.645 bits per heavy atom. The normalized spacial score (nSPS) is 10.9. The molecule has 0 bridgehead atoms. The van der Waals surface area contributed by atoms with Crippen molar-refractivity contribution >= 4 is 43.8 Å². The van der Waals surface area contributed by atoms with Gasteiger partial charge in [-0.3, -0.25) is 4.79 Å². The van der Waals surface area contributed by atoms with Gasteiger partial charge in [-0.1, -0.05) is 28.1 Å². The molecule has 0 heterocycles. The van der Waals surface area contributed by atoms with Gasteiger partial charge in [0, 0.05) is 10.0 Å². The SMILES string of the molecule is COc1cc2c(C=O)c3cc(OC)c(OC)cc3c(-c3ccc(Br)cc3)c2cc1OC. The lowest BCUT2D eigenvalue weighted by Crippen LogP contribution is -1.98. The summed E-state index contributed by atoms with van der Waals surface area (Å²) < 4.78 is 23.1. The summed E-state index contributed by atoms with van der Waals surface area (Å²) in [5, 5.41) is 3.29. The molecule has 4 aromatic carbocycles. The molecule has 6 heteroatoms. The highest BCUT2D eigenvalue weighted by atomic mass is 79.9. The third-order valence-corrected chi connectivity index (χ3v) is 5.95. The second-order valence-corrected chi connectivity index (χ2v) is 7.83. The molecular formula is C25H21BrO5. The van der Waals surface area contributed by atoms with Crippen molar-refractivity contribution in [1.82, 2.24) is 0 Å². The number of hydrogen-bond donors (Lipinski definition) is 0. The molecule has 0 saturated carbocycles. The zero-order valence-corrected chi connectivity index (χ0v) is 19.2. The fourth-order valence-electron chi connectivity index (χ4n) is 3.96.